The number of para-hydroxylation sites is 1. The number of ketones is 1. The Morgan fingerprint density at radius 1 is 0.846 bits per heavy atom. The van der Waals surface area contributed by atoms with Crippen LogP contribution in [0.5, 0.6) is 0 Å². The molecule has 0 aliphatic heterocycles. The molecule has 26 heavy (non-hydrogen) atoms. The van der Waals surface area contributed by atoms with E-state index < -0.39 is 0 Å². The second-order valence-electron chi connectivity index (χ2n) is 6.01. The lowest BCUT2D eigenvalue weighted by atomic mass is 9.95. The number of halogens is 1. The molecule has 0 bridgehead atoms. The normalized spacial score (nSPS) is 11.6. The van der Waals surface area contributed by atoms with Gasteiger partial charge in [-0.15, -0.1) is 0 Å². The van der Waals surface area contributed by atoms with Gasteiger partial charge in [0.1, 0.15) is 0 Å². The molecular formula is C22H18BrNO2. The van der Waals surface area contributed by atoms with Crippen LogP contribution in [0.3, 0.4) is 0 Å². The minimum atomic E-state index is -0.384. The topological polar surface area (TPSA) is 46.2 Å². The summed E-state index contributed by atoms with van der Waals surface area (Å²) in [7, 11) is 0. The second-order valence-corrected chi connectivity index (χ2v) is 6.87. The van der Waals surface area contributed by atoms with Gasteiger partial charge in [0.15, 0.2) is 5.78 Å². The van der Waals surface area contributed by atoms with Gasteiger partial charge in [0.25, 0.3) is 0 Å². The van der Waals surface area contributed by atoms with Gasteiger partial charge in [0, 0.05) is 15.6 Å². The van der Waals surface area contributed by atoms with E-state index in [9.17, 15) is 9.59 Å². The summed E-state index contributed by atoms with van der Waals surface area (Å²) in [5.74, 6) is -0.558. The summed E-state index contributed by atoms with van der Waals surface area (Å²) in [6.07, 6.45) is 0. The summed E-state index contributed by atoms with van der Waals surface area (Å²) in [4.78, 5) is 25.2. The van der Waals surface area contributed by atoms with Crippen LogP contribution in [0, 0.1) is 0 Å². The molecule has 0 saturated carbocycles. The summed E-state index contributed by atoms with van der Waals surface area (Å²) < 4.78 is 0.827. The van der Waals surface area contributed by atoms with E-state index in [2.05, 4.69) is 21.2 Å². The molecule has 0 aliphatic carbocycles. The van der Waals surface area contributed by atoms with Gasteiger partial charge in [-0.25, -0.2) is 0 Å². The molecule has 0 aromatic heterocycles. The minimum absolute atomic E-state index is 0.0501. The average molecular weight is 408 g/mol. The van der Waals surface area contributed by atoms with Gasteiger partial charge in [0.2, 0.25) is 5.91 Å². The zero-order valence-electron chi connectivity index (χ0n) is 14.3. The Bertz CT molecular complexity index is 938. The standard InChI is InChI=1S/C22H18BrNO2/c1-15(22(26)24-20-13-6-5-12-19(20)23)17-10-7-11-18(14-17)21(25)16-8-3-2-4-9-16/h2-15H,1H3,(H,24,26)/t15-/m0/s1. The van der Waals surface area contributed by atoms with E-state index in [4.69, 9.17) is 0 Å². The van der Waals surface area contributed by atoms with Crippen LogP contribution >= 0.6 is 15.9 Å². The molecule has 0 radical (unpaired) electrons. The zero-order chi connectivity index (χ0) is 18.5. The van der Waals surface area contributed by atoms with Crippen LogP contribution in [0.2, 0.25) is 0 Å². The highest BCUT2D eigenvalue weighted by Crippen LogP contribution is 2.24. The van der Waals surface area contributed by atoms with Crippen molar-refractivity contribution in [3.05, 3.63) is 100 Å². The van der Waals surface area contributed by atoms with Gasteiger partial charge in [-0.2, -0.15) is 0 Å². The second kappa shape index (κ2) is 8.11. The van der Waals surface area contributed by atoms with E-state index >= 15 is 0 Å². The Balaban J connectivity index is 1.80. The lowest BCUT2D eigenvalue weighted by Gasteiger charge is -2.14. The first-order chi connectivity index (χ1) is 12.6. The lowest BCUT2D eigenvalue weighted by molar-refractivity contribution is -0.117. The fourth-order valence-corrected chi connectivity index (χ4v) is 3.04. The summed E-state index contributed by atoms with van der Waals surface area (Å²) in [6, 6.07) is 23.8. The maximum atomic E-state index is 12.6. The first kappa shape index (κ1) is 18.1. The molecule has 3 aromatic rings. The predicted molar refractivity (Wildman–Crippen MR) is 108 cm³/mol. The maximum Gasteiger partial charge on any atom is 0.231 e. The maximum absolute atomic E-state index is 12.6. The molecule has 3 nitrogen and oxygen atoms in total. The van der Waals surface area contributed by atoms with E-state index in [0.717, 1.165) is 15.7 Å². The molecule has 1 atom stereocenters. The Morgan fingerprint density at radius 2 is 1.50 bits per heavy atom. The van der Waals surface area contributed by atoms with E-state index in [0.29, 0.717) is 11.1 Å². The molecule has 3 rings (SSSR count). The van der Waals surface area contributed by atoms with Gasteiger partial charge in [-0.3, -0.25) is 9.59 Å². The average Bonchev–Trinajstić information content (AvgIpc) is 2.69. The summed E-state index contributed by atoms with van der Waals surface area (Å²) in [6.45, 7) is 1.83. The van der Waals surface area contributed by atoms with Gasteiger partial charge in [-0.1, -0.05) is 60.7 Å². The van der Waals surface area contributed by atoms with Crippen molar-refractivity contribution in [1.29, 1.82) is 0 Å². The molecule has 0 aliphatic rings. The van der Waals surface area contributed by atoms with Crippen LogP contribution in [-0.2, 0) is 4.79 Å². The number of hydrogen-bond donors (Lipinski definition) is 1. The van der Waals surface area contributed by atoms with Gasteiger partial charge in [0.05, 0.1) is 11.6 Å². The van der Waals surface area contributed by atoms with Crippen molar-refractivity contribution in [3.8, 4) is 0 Å². The number of carbonyl (C=O) groups excluding carboxylic acids is 2. The smallest absolute Gasteiger partial charge is 0.231 e. The van der Waals surface area contributed by atoms with Crippen LogP contribution in [0.15, 0.2) is 83.3 Å². The molecule has 1 N–H and O–H groups in total. The third-order valence-electron chi connectivity index (χ3n) is 4.21. The van der Waals surface area contributed by atoms with Crippen molar-refractivity contribution < 1.29 is 9.59 Å². The molecule has 0 saturated heterocycles. The van der Waals surface area contributed by atoms with Gasteiger partial charge < -0.3 is 5.32 Å². The van der Waals surface area contributed by atoms with Gasteiger partial charge in [-0.05, 0) is 46.6 Å². The van der Waals surface area contributed by atoms with Crippen LogP contribution in [-0.4, -0.2) is 11.7 Å². The van der Waals surface area contributed by atoms with E-state index in [1.807, 2.05) is 61.5 Å². The Kier molecular flexibility index (Phi) is 5.64. The van der Waals surface area contributed by atoms with Crippen molar-refractivity contribution in [2.45, 2.75) is 12.8 Å². The number of carbonyl (C=O) groups is 2. The first-order valence-electron chi connectivity index (χ1n) is 8.31. The van der Waals surface area contributed by atoms with E-state index in [-0.39, 0.29) is 17.6 Å². The monoisotopic (exact) mass is 407 g/mol. The largest absolute Gasteiger partial charge is 0.325 e. The van der Waals surface area contributed by atoms with Crippen molar-refractivity contribution in [3.63, 3.8) is 0 Å². The molecule has 1 amide bonds. The fraction of sp³-hybridized carbons (Fsp3) is 0.0909. The van der Waals surface area contributed by atoms with E-state index in [1.54, 1.807) is 24.3 Å². The lowest BCUT2D eigenvalue weighted by Crippen LogP contribution is -2.19. The van der Waals surface area contributed by atoms with Crippen molar-refractivity contribution in [1.82, 2.24) is 0 Å². The molecule has 4 heteroatoms. The van der Waals surface area contributed by atoms with Gasteiger partial charge >= 0.3 is 0 Å². The Labute approximate surface area is 161 Å². The number of nitrogens with one attached hydrogen (secondary N) is 1. The van der Waals surface area contributed by atoms with Crippen molar-refractivity contribution in [2.75, 3.05) is 5.32 Å². The Morgan fingerprint density at radius 3 is 2.23 bits per heavy atom. The van der Waals surface area contributed by atoms with Crippen LogP contribution < -0.4 is 5.32 Å². The predicted octanol–water partition coefficient (Wildman–Crippen LogP) is 5.42. The minimum Gasteiger partial charge on any atom is -0.325 e. The summed E-state index contributed by atoms with van der Waals surface area (Å²) >= 11 is 3.43. The third kappa shape index (κ3) is 4.09. The molecule has 130 valence electrons. The highest BCUT2D eigenvalue weighted by molar-refractivity contribution is 9.10. The number of amides is 1. The molecule has 0 unspecified atom stereocenters. The highest BCUT2D eigenvalue weighted by atomic mass is 79.9. The first-order valence-corrected chi connectivity index (χ1v) is 9.10. The molecule has 0 spiro atoms. The summed E-state index contributed by atoms with van der Waals surface area (Å²) in [5, 5.41) is 2.92. The van der Waals surface area contributed by atoms with Crippen LogP contribution in [0.25, 0.3) is 0 Å². The van der Waals surface area contributed by atoms with Crippen molar-refractivity contribution >= 4 is 33.3 Å². The molecule has 0 heterocycles. The van der Waals surface area contributed by atoms with E-state index in [1.165, 1.54) is 0 Å². The van der Waals surface area contributed by atoms with Crippen LogP contribution in [0.4, 0.5) is 5.69 Å². The number of benzene rings is 3. The zero-order valence-corrected chi connectivity index (χ0v) is 15.9. The molecule has 3 aromatic carbocycles. The fourth-order valence-electron chi connectivity index (χ4n) is 2.66. The SMILES string of the molecule is C[C@H](C(=O)Nc1ccccc1Br)c1cccc(C(=O)c2ccccc2)c1. The molecule has 0 fully saturated rings. The molecular weight excluding hydrogens is 390 g/mol. The number of rotatable bonds is 5. The van der Waals surface area contributed by atoms with Crippen molar-refractivity contribution in [2.24, 2.45) is 0 Å². The Hall–Kier alpha value is -2.72. The summed E-state index contributed by atoms with van der Waals surface area (Å²) in [5.41, 5.74) is 2.74. The highest BCUT2D eigenvalue weighted by Gasteiger charge is 2.18. The van der Waals surface area contributed by atoms with Crippen LogP contribution in [0.1, 0.15) is 34.3 Å². The third-order valence-corrected chi connectivity index (χ3v) is 4.90. The number of hydrogen-bond acceptors (Lipinski definition) is 2. The number of anilines is 1. The quantitative estimate of drug-likeness (QED) is 0.573.